The van der Waals surface area contributed by atoms with Crippen molar-refractivity contribution >= 4 is 34.1 Å². The fraction of sp³-hybridized carbons (Fsp3) is 0.0667. The fourth-order valence-corrected chi connectivity index (χ4v) is 2.35. The standard InChI is InChI=1S/C15H10Cl2N2O/c16-8-11-7-14(19-9-12(11)17)20-13-5-1-3-10-4-2-6-18-15(10)13/h1-7,9H,8H2. The zero-order valence-corrected chi connectivity index (χ0v) is 11.9. The summed E-state index contributed by atoms with van der Waals surface area (Å²) in [7, 11) is 0. The maximum atomic E-state index is 5.98. The lowest BCUT2D eigenvalue weighted by molar-refractivity contribution is 0.466. The Morgan fingerprint density at radius 1 is 1.10 bits per heavy atom. The Balaban J connectivity index is 2.01. The highest BCUT2D eigenvalue weighted by Crippen LogP contribution is 2.29. The van der Waals surface area contributed by atoms with Gasteiger partial charge in [0.2, 0.25) is 5.88 Å². The van der Waals surface area contributed by atoms with Crippen LogP contribution < -0.4 is 4.74 Å². The predicted octanol–water partition coefficient (Wildman–Crippen LogP) is 4.81. The Morgan fingerprint density at radius 3 is 2.80 bits per heavy atom. The SMILES string of the molecule is ClCc1cc(Oc2cccc3cccnc23)ncc1Cl. The summed E-state index contributed by atoms with van der Waals surface area (Å²) in [5, 5.41) is 1.54. The smallest absolute Gasteiger partial charge is 0.219 e. The average Bonchev–Trinajstić information content (AvgIpc) is 2.49. The van der Waals surface area contributed by atoms with Crippen LogP contribution in [0.4, 0.5) is 0 Å². The predicted molar refractivity (Wildman–Crippen MR) is 80.6 cm³/mol. The molecular formula is C15H10Cl2N2O. The van der Waals surface area contributed by atoms with E-state index < -0.39 is 0 Å². The first kappa shape index (κ1) is 13.2. The van der Waals surface area contributed by atoms with Crippen molar-refractivity contribution in [2.24, 2.45) is 0 Å². The van der Waals surface area contributed by atoms with Crippen LogP contribution >= 0.6 is 23.2 Å². The van der Waals surface area contributed by atoms with Crippen LogP contribution in [-0.4, -0.2) is 9.97 Å². The molecule has 3 nitrogen and oxygen atoms in total. The van der Waals surface area contributed by atoms with E-state index in [1.165, 1.54) is 6.20 Å². The van der Waals surface area contributed by atoms with Crippen molar-refractivity contribution < 1.29 is 4.74 Å². The molecule has 0 bridgehead atoms. The molecule has 5 heteroatoms. The van der Waals surface area contributed by atoms with Crippen molar-refractivity contribution in [3.05, 3.63) is 59.4 Å². The van der Waals surface area contributed by atoms with Gasteiger partial charge in [0, 0.05) is 29.7 Å². The minimum absolute atomic E-state index is 0.311. The van der Waals surface area contributed by atoms with Crippen LogP contribution in [-0.2, 0) is 5.88 Å². The van der Waals surface area contributed by atoms with E-state index >= 15 is 0 Å². The fourth-order valence-electron chi connectivity index (χ4n) is 1.89. The van der Waals surface area contributed by atoms with Crippen LogP contribution in [0.3, 0.4) is 0 Å². The number of hydrogen-bond donors (Lipinski definition) is 0. The van der Waals surface area contributed by atoms with Crippen molar-refractivity contribution in [3.8, 4) is 11.6 Å². The van der Waals surface area contributed by atoms with Crippen LogP contribution in [0.5, 0.6) is 11.6 Å². The minimum Gasteiger partial charge on any atom is -0.437 e. The van der Waals surface area contributed by atoms with Gasteiger partial charge in [-0.25, -0.2) is 4.98 Å². The Labute approximate surface area is 126 Å². The number of pyridine rings is 2. The molecule has 100 valence electrons. The summed E-state index contributed by atoms with van der Waals surface area (Å²) in [4.78, 5) is 8.48. The van der Waals surface area contributed by atoms with Crippen molar-refractivity contribution in [3.63, 3.8) is 0 Å². The van der Waals surface area contributed by atoms with Gasteiger partial charge in [-0.05, 0) is 17.7 Å². The summed E-state index contributed by atoms with van der Waals surface area (Å²) >= 11 is 11.8. The molecule has 0 aliphatic heterocycles. The van der Waals surface area contributed by atoms with E-state index in [2.05, 4.69) is 9.97 Å². The number of hydrogen-bond acceptors (Lipinski definition) is 3. The maximum Gasteiger partial charge on any atom is 0.219 e. The number of alkyl halides is 1. The lowest BCUT2D eigenvalue weighted by Crippen LogP contribution is -1.92. The molecule has 0 saturated heterocycles. The van der Waals surface area contributed by atoms with Gasteiger partial charge in [-0.1, -0.05) is 29.8 Å². The molecule has 2 aromatic heterocycles. The Hall–Kier alpha value is -1.84. The third kappa shape index (κ3) is 2.55. The second-order valence-corrected chi connectivity index (χ2v) is 4.86. The monoisotopic (exact) mass is 304 g/mol. The van der Waals surface area contributed by atoms with Crippen molar-refractivity contribution in [1.82, 2.24) is 9.97 Å². The first-order valence-corrected chi connectivity index (χ1v) is 6.91. The first-order chi connectivity index (χ1) is 9.78. The van der Waals surface area contributed by atoms with Gasteiger partial charge in [-0.3, -0.25) is 4.98 Å². The van der Waals surface area contributed by atoms with E-state index in [0.29, 0.717) is 22.5 Å². The number of rotatable bonds is 3. The van der Waals surface area contributed by atoms with E-state index in [1.54, 1.807) is 12.3 Å². The van der Waals surface area contributed by atoms with E-state index in [4.69, 9.17) is 27.9 Å². The summed E-state index contributed by atoms with van der Waals surface area (Å²) in [6.07, 6.45) is 3.27. The van der Waals surface area contributed by atoms with Gasteiger partial charge in [0.25, 0.3) is 0 Å². The van der Waals surface area contributed by atoms with Crippen molar-refractivity contribution in [2.75, 3.05) is 0 Å². The van der Waals surface area contributed by atoms with Crippen LogP contribution in [0.1, 0.15) is 5.56 Å². The van der Waals surface area contributed by atoms with Gasteiger partial charge < -0.3 is 4.74 Å². The Morgan fingerprint density at radius 2 is 1.95 bits per heavy atom. The second kappa shape index (κ2) is 5.65. The Bertz CT molecular complexity index is 756. The van der Waals surface area contributed by atoms with E-state index in [9.17, 15) is 0 Å². The second-order valence-electron chi connectivity index (χ2n) is 4.18. The van der Waals surface area contributed by atoms with Gasteiger partial charge in [-0.2, -0.15) is 0 Å². The molecule has 0 atom stereocenters. The number of fused-ring (bicyclic) bond motifs is 1. The molecule has 3 rings (SSSR count). The zero-order valence-electron chi connectivity index (χ0n) is 10.4. The summed E-state index contributed by atoms with van der Waals surface area (Å²) in [6, 6.07) is 11.3. The summed E-state index contributed by atoms with van der Waals surface area (Å²) in [6.45, 7) is 0. The first-order valence-electron chi connectivity index (χ1n) is 6.00. The summed E-state index contributed by atoms with van der Waals surface area (Å²) in [5.74, 6) is 1.41. The number of halogens is 2. The molecule has 0 radical (unpaired) electrons. The van der Waals surface area contributed by atoms with E-state index in [-0.39, 0.29) is 0 Å². The third-order valence-electron chi connectivity index (χ3n) is 2.86. The summed E-state index contributed by atoms with van der Waals surface area (Å²) in [5.41, 5.74) is 1.57. The molecule has 0 fully saturated rings. The molecule has 0 unspecified atom stereocenters. The zero-order chi connectivity index (χ0) is 13.9. The molecule has 0 aliphatic rings. The minimum atomic E-state index is 0.311. The van der Waals surface area contributed by atoms with Crippen LogP contribution in [0.2, 0.25) is 5.02 Å². The highest BCUT2D eigenvalue weighted by atomic mass is 35.5. The van der Waals surface area contributed by atoms with Gasteiger partial charge >= 0.3 is 0 Å². The average molecular weight is 305 g/mol. The molecule has 0 aliphatic carbocycles. The van der Waals surface area contributed by atoms with Crippen LogP contribution in [0, 0.1) is 0 Å². The van der Waals surface area contributed by atoms with Crippen molar-refractivity contribution in [2.45, 2.75) is 5.88 Å². The molecule has 20 heavy (non-hydrogen) atoms. The summed E-state index contributed by atoms with van der Waals surface area (Å²) < 4.78 is 5.80. The van der Waals surface area contributed by atoms with E-state index in [0.717, 1.165) is 16.5 Å². The number of aromatic nitrogens is 2. The largest absolute Gasteiger partial charge is 0.437 e. The number of nitrogens with zero attached hydrogens (tertiary/aromatic N) is 2. The number of ether oxygens (including phenoxy) is 1. The quantitative estimate of drug-likeness (QED) is 0.651. The van der Waals surface area contributed by atoms with Crippen molar-refractivity contribution in [1.29, 1.82) is 0 Å². The third-order valence-corrected chi connectivity index (χ3v) is 3.49. The van der Waals surface area contributed by atoms with Crippen LogP contribution in [0.15, 0.2) is 48.8 Å². The molecule has 0 spiro atoms. The number of para-hydroxylation sites is 1. The molecule has 0 saturated carbocycles. The van der Waals surface area contributed by atoms with Gasteiger partial charge in [-0.15, -0.1) is 11.6 Å². The molecule has 2 heterocycles. The molecule has 0 amide bonds. The van der Waals surface area contributed by atoms with Gasteiger partial charge in [0.05, 0.1) is 5.02 Å². The number of benzene rings is 1. The Kier molecular flexibility index (Phi) is 3.72. The van der Waals surface area contributed by atoms with E-state index in [1.807, 2.05) is 30.3 Å². The lowest BCUT2D eigenvalue weighted by Gasteiger charge is -2.08. The van der Waals surface area contributed by atoms with Gasteiger partial charge in [0.15, 0.2) is 5.75 Å². The maximum absolute atomic E-state index is 5.98. The van der Waals surface area contributed by atoms with Crippen LogP contribution in [0.25, 0.3) is 10.9 Å². The molecule has 3 aromatic rings. The lowest BCUT2D eigenvalue weighted by atomic mass is 10.2. The van der Waals surface area contributed by atoms with Gasteiger partial charge in [0.1, 0.15) is 5.52 Å². The molecule has 0 N–H and O–H groups in total. The normalized spacial score (nSPS) is 10.7. The highest BCUT2D eigenvalue weighted by Gasteiger charge is 2.07. The molecular weight excluding hydrogens is 295 g/mol. The highest BCUT2D eigenvalue weighted by molar-refractivity contribution is 6.32. The topological polar surface area (TPSA) is 35.0 Å². The molecule has 1 aromatic carbocycles.